The number of nitrogens with zero attached hydrogens (tertiary/aromatic N) is 1. The Morgan fingerprint density at radius 1 is 1.53 bits per heavy atom. The number of carbonyl (C=O) groups is 2. The van der Waals surface area contributed by atoms with E-state index in [1.165, 1.54) is 12.1 Å². The van der Waals surface area contributed by atoms with E-state index in [1.807, 2.05) is 0 Å². The van der Waals surface area contributed by atoms with Crippen LogP contribution in [0.15, 0.2) is 31.0 Å². The molecule has 2 aromatic heterocycles. The van der Waals surface area contributed by atoms with Crippen molar-refractivity contribution in [2.75, 3.05) is 6.61 Å². The number of fused-ring (bicyclic) bond motifs is 1. The molecule has 0 spiro atoms. The Hall–Kier alpha value is -2.67. The van der Waals surface area contributed by atoms with Gasteiger partial charge in [0, 0.05) is 6.20 Å². The second-order valence-electron chi connectivity index (χ2n) is 3.54. The number of nitrogens with one attached hydrogen (secondary N) is 1. The molecule has 0 aliphatic carbocycles. The van der Waals surface area contributed by atoms with Crippen molar-refractivity contribution in [2.24, 2.45) is 0 Å². The predicted molar refractivity (Wildman–Crippen MR) is 64.6 cm³/mol. The number of carboxylic acid groups (broad SMARTS) is 1. The summed E-state index contributed by atoms with van der Waals surface area (Å²) in [4.78, 5) is 38.5. The molecule has 0 aromatic carbocycles. The van der Waals surface area contributed by atoms with E-state index in [1.54, 1.807) is 12.3 Å². The van der Waals surface area contributed by atoms with Crippen LogP contribution in [0.25, 0.3) is 11.0 Å². The highest BCUT2D eigenvalue weighted by molar-refractivity contribution is 6.03. The molecule has 0 amide bonds. The molecule has 7 nitrogen and oxygen atoms in total. The third-order valence-electron chi connectivity index (χ3n) is 2.28. The van der Waals surface area contributed by atoms with E-state index in [4.69, 9.17) is 5.11 Å². The van der Waals surface area contributed by atoms with Crippen LogP contribution < -0.4 is 0 Å². The second-order valence-corrected chi connectivity index (χ2v) is 3.54. The van der Waals surface area contributed by atoms with Crippen molar-refractivity contribution in [1.29, 1.82) is 0 Å². The van der Waals surface area contributed by atoms with E-state index in [-0.39, 0.29) is 17.9 Å². The quantitative estimate of drug-likeness (QED) is 0.367. The molecule has 0 saturated carbocycles. The van der Waals surface area contributed by atoms with Crippen LogP contribution in [0.2, 0.25) is 0 Å². The summed E-state index contributed by atoms with van der Waals surface area (Å²) in [6.07, 6.45) is 2.97. The standard InChI is InChI=1S/C12H10N2O5/c1-2-5-18-19-12(17)10-7(11(15)16)6-9-8(14-10)3-4-13-9/h2-4,6,13H,1,5H2,(H,15,16). The molecule has 19 heavy (non-hydrogen) atoms. The Morgan fingerprint density at radius 2 is 2.32 bits per heavy atom. The van der Waals surface area contributed by atoms with Crippen molar-refractivity contribution < 1.29 is 24.5 Å². The fraction of sp³-hybridized carbons (Fsp3) is 0.0833. The van der Waals surface area contributed by atoms with Crippen LogP contribution in [0.4, 0.5) is 0 Å². The second kappa shape index (κ2) is 5.32. The van der Waals surface area contributed by atoms with E-state index in [0.29, 0.717) is 11.0 Å². The lowest BCUT2D eigenvalue weighted by molar-refractivity contribution is -0.231. The van der Waals surface area contributed by atoms with E-state index < -0.39 is 11.9 Å². The maximum Gasteiger partial charge on any atom is 0.392 e. The molecule has 0 aliphatic heterocycles. The molecule has 0 bridgehead atoms. The highest BCUT2D eigenvalue weighted by atomic mass is 17.2. The minimum absolute atomic E-state index is 0.000539. The van der Waals surface area contributed by atoms with Gasteiger partial charge in [-0.15, -0.1) is 6.58 Å². The normalized spacial score (nSPS) is 10.3. The predicted octanol–water partition coefficient (Wildman–Crippen LogP) is 1.54. The average molecular weight is 262 g/mol. The summed E-state index contributed by atoms with van der Waals surface area (Å²) in [5.41, 5.74) is 0.396. The lowest BCUT2D eigenvalue weighted by atomic mass is 10.2. The van der Waals surface area contributed by atoms with Gasteiger partial charge in [-0.2, -0.15) is 4.89 Å². The molecule has 0 saturated heterocycles. The van der Waals surface area contributed by atoms with E-state index in [0.717, 1.165) is 0 Å². The van der Waals surface area contributed by atoms with Crippen LogP contribution in [0.3, 0.4) is 0 Å². The number of pyridine rings is 1. The van der Waals surface area contributed by atoms with Crippen LogP contribution in [0, 0.1) is 0 Å². The van der Waals surface area contributed by atoms with Gasteiger partial charge in [0.05, 0.1) is 16.6 Å². The number of hydrogen-bond acceptors (Lipinski definition) is 5. The number of carbonyl (C=O) groups excluding carboxylic acids is 1. The van der Waals surface area contributed by atoms with Gasteiger partial charge in [0.25, 0.3) is 0 Å². The molecular formula is C12H10N2O5. The molecule has 0 unspecified atom stereocenters. The topological polar surface area (TPSA) is 102 Å². The Labute approximate surface area is 107 Å². The van der Waals surface area contributed by atoms with E-state index >= 15 is 0 Å². The highest BCUT2D eigenvalue weighted by Gasteiger charge is 2.22. The summed E-state index contributed by atoms with van der Waals surface area (Å²) in [7, 11) is 0. The van der Waals surface area contributed by atoms with Crippen LogP contribution in [-0.2, 0) is 9.78 Å². The van der Waals surface area contributed by atoms with Gasteiger partial charge in [-0.3, -0.25) is 4.89 Å². The number of rotatable bonds is 5. The number of carboxylic acids is 1. The van der Waals surface area contributed by atoms with Gasteiger partial charge in [-0.1, -0.05) is 6.08 Å². The van der Waals surface area contributed by atoms with Gasteiger partial charge in [0.1, 0.15) is 6.61 Å². The summed E-state index contributed by atoms with van der Waals surface area (Å²) < 4.78 is 0. The maximum atomic E-state index is 11.7. The number of H-pyrrole nitrogens is 1. The van der Waals surface area contributed by atoms with Crippen LogP contribution in [0.1, 0.15) is 20.8 Å². The minimum Gasteiger partial charge on any atom is -0.478 e. The van der Waals surface area contributed by atoms with Crippen molar-refractivity contribution in [1.82, 2.24) is 9.97 Å². The fourth-order valence-electron chi connectivity index (χ4n) is 1.47. The average Bonchev–Trinajstić information content (AvgIpc) is 2.84. The van der Waals surface area contributed by atoms with E-state index in [9.17, 15) is 9.59 Å². The first-order valence-corrected chi connectivity index (χ1v) is 5.29. The van der Waals surface area contributed by atoms with Crippen molar-refractivity contribution >= 4 is 23.0 Å². The third kappa shape index (κ3) is 2.61. The first-order chi connectivity index (χ1) is 9.13. The summed E-state index contributed by atoms with van der Waals surface area (Å²) in [5, 5.41) is 9.06. The zero-order valence-electron chi connectivity index (χ0n) is 9.75. The smallest absolute Gasteiger partial charge is 0.392 e. The first kappa shape index (κ1) is 12.8. The SMILES string of the molecule is C=CCOOC(=O)c1nc2cc[nH]c2cc1C(=O)O. The molecule has 0 aliphatic rings. The van der Waals surface area contributed by atoms with Gasteiger partial charge in [0.15, 0.2) is 5.69 Å². The molecule has 0 fully saturated rings. The summed E-state index contributed by atoms with van der Waals surface area (Å²) in [5.74, 6) is -2.25. The molecule has 7 heteroatoms. The number of aromatic amines is 1. The van der Waals surface area contributed by atoms with Crippen molar-refractivity contribution in [3.63, 3.8) is 0 Å². The van der Waals surface area contributed by atoms with Gasteiger partial charge in [-0.05, 0) is 12.1 Å². The van der Waals surface area contributed by atoms with Gasteiger partial charge < -0.3 is 10.1 Å². The molecule has 2 rings (SSSR count). The number of aromatic carboxylic acids is 1. The molecule has 0 radical (unpaired) electrons. The highest BCUT2D eigenvalue weighted by Crippen LogP contribution is 2.16. The maximum absolute atomic E-state index is 11.7. The summed E-state index contributed by atoms with van der Waals surface area (Å²) in [6.45, 7) is 3.38. The Kier molecular flexibility index (Phi) is 3.58. The number of hydrogen-bond donors (Lipinski definition) is 2. The molecule has 0 atom stereocenters. The Balaban J connectivity index is 2.38. The summed E-state index contributed by atoms with van der Waals surface area (Å²) >= 11 is 0. The molecule has 2 heterocycles. The lowest BCUT2D eigenvalue weighted by Gasteiger charge is -2.04. The van der Waals surface area contributed by atoms with Crippen LogP contribution in [0.5, 0.6) is 0 Å². The van der Waals surface area contributed by atoms with Gasteiger partial charge in [-0.25, -0.2) is 14.6 Å². The minimum atomic E-state index is -1.28. The Bertz CT molecular complexity index is 647. The van der Waals surface area contributed by atoms with Crippen molar-refractivity contribution in [2.45, 2.75) is 0 Å². The van der Waals surface area contributed by atoms with Crippen molar-refractivity contribution in [3.05, 3.63) is 42.2 Å². The molecule has 98 valence electrons. The zero-order chi connectivity index (χ0) is 13.8. The third-order valence-corrected chi connectivity index (χ3v) is 2.28. The van der Waals surface area contributed by atoms with Gasteiger partial charge >= 0.3 is 11.9 Å². The molecule has 2 aromatic rings. The largest absolute Gasteiger partial charge is 0.478 e. The summed E-state index contributed by atoms with van der Waals surface area (Å²) in [6, 6.07) is 2.93. The Morgan fingerprint density at radius 3 is 3.00 bits per heavy atom. The first-order valence-electron chi connectivity index (χ1n) is 5.29. The monoisotopic (exact) mass is 262 g/mol. The number of aromatic nitrogens is 2. The van der Waals surface area contributed by atoms with Crippen LogP contribution in [-0.4, -0.2) is 33.6 Å². The fourth-order valence-corrected chi connectivity index (χ4v) is 1.47. The lowest BCUT2D eigenvalue weighted by Crippen LogP contribution is -2.14. The zero-order valence-corrected chi connectivity index (χ0v) is 9.75. The van der Waals surface area contributed by atoms with E-state index in [2.05, 4.69) is 26.3 Å². The molecular weight excluding hydrogens is 252 g/mol. The van der Waals surface area contributed by atoms with Gasteiger partial charge in [0.2, 0.25) is 0 Å². The van der Waals surface area contributed by atoms with Crippen molar-refractivity contribution in [3.8, 4) is 0 Å². The van der Waals surface area contributed by atoms with Crippen LogP contribution >= 0.6 is 0 Å². The molecule has 2 N–H and O–H groups in total.